The molecule has 0 aliphatic rings. The molecule has 2 heterocycles. The zero-order chi connectivity index (χ0) is 9.97. The maximum Gasteiger partial charge on any atom is 0.273 e. The van der Waals surface area contributed by atoms with Gasteiger partial charge in [0.2, 0.25) is 0 Å². The Labute approximate surface area is 83.4 Å². The first-order valence-electron chi connectivity index (χ1n) is 3.84. The number of hydrogen-bond donors (Lipinski definition) is 1. The largest absolute Gasteiger partial charge is 0.473 e. The van der Waals surface area contributed by atoms with E-state index in [-0.39, 0.29) is 5.56 Å². The summed E-state index contributed by atoms with van der Waals surface area (Å²) in [6.07, 6.45) is 2.77. The van der Waals surface area contributed by atoms with Crippen molar-refractivity contribution in [2.24, 2.45) is 0 Å². The first kappa shape index (κ1) is 8.89. The monoisotopic (exact) mass is 209 g/mol. The van der Waals surface area contributed by atoms with Crippen molar-refractivity contribution in [3.63, 3.8) is 0 Å². The lowest BCUT2D eigenvalue weighted by atomic mass is 10.4. The van der Waals surface area contributed by atoms with E-state index in [1.807, 2.05) is 0 Å². The Morgan fingerprint density at radius 1 is 1.50 bits per heavy atom. The Balaban J connectivity index is 2.44. The maximum absolute atomic E-state index is 11.0. The number of aromatic nitrogens is 3. The Morgan fingerprint density at radius 2 is 2.36 bits per heavy atom. The molecule has 0 spiro atoms. The molecule has 0 atom stereocenters. The van der Waals surface area contributed by atoms with Crippen molar-refractivity contribution < 1.29 is 4.74 Å². The predicted octanol–water partition coefficient (Wildman–Crippen LogP) is 0.902. The van der Waals surface area contributed by atoms with E-state index >= 15 is 0 Å². The summed E-state index contributed by atoms with van der Waals surface area (Å²) >= 11 is 1.37. The average molecular weight is 209 g/mol. The number of nitrogens with zero attached hydrogens (tertiary/aromatic N) is 2. The predicted molar refractivity (Wildman–Crippen MR) is 52.5 cm³/mol. The number of H-pyrrole nitrogens is 1. The van der Waals surface area contributed by atoms with Crippen molar-refractivity contribution in [2.75, 3.05) is 7.11 Å². The maximum atomic E-state index is 11.0. The summed E-state index contributed by atoms with van der Waals surface area (Å²) in [7, 11) is 1.55. The summed E-state index contributed by atoms with van der Waals surface area (Å²) in [5.74, 6) is 0. The molecule has 1 N–H and O–H groups in total. The molecule has 0 aliphatic heterocycles. The molecule has 0 radical (unpaired) electrons. The Hall–Kier alpha value is -1.69. The van der Waals surface area contributed by atoms with Gasteiger partial charge in [0, 0.05) is 5.38 Å². The third-order valence-corrected chi connectivity index (χ3v) is 2.39. The number of ether oxygens (including phenoxy) is 1. The van der Waals surface area contributed by atoms with Crippen LogP contribution in [0, 0.1) is 0 Å². The molecule has 2 aromatic heterocycles. The smallest absolute Gasteiger partial charge is 0.273 e. The number of thiazole rings is 1. The van der Waals surface area contributed by atoms with Gasteiger partial charge < -0.3 is 9.72 Å². The van der Waals surface area contributed by atoms with E-state index in [2.05, 4.69) is 15.0 Å². The number of aromatic amines is 1. The highest BCUT2D eigenvalue weighted by atomic mass is 32.1. The molecular weight excluding hydrogens is 202 g/mol. The molecule has 0 saturated heterocycles. The topological polar surface area (TPSA) is 67.9 Å². The first-order valence-corrected chi connectivity index (χ1v) is 4.72. The van der Waals surface area contributed by atoms with E-state index in [0.717, 1.165) is 0 Å². The Morgan fingerprint density at radius 3 is 3.00 bits per heavy atom. The van der Waals surface area contributed by atoms with Crippen LogP contribution >= 0.6 is 11.3 Å². The van der Waals surface area contributed by atoms with Crippen molar-refractivity contribution in [3.8, 4) is 16.6 Å². The van der Waals surface area contributed by atoms with Gasteiger partial charge in [0.1, 0.15) is 5.69 Å². The van der Waals surface area contributed by atoms with Gasteiger partial charge in [-0.15, -0.1) is 0 Å². The van der Waals surface area contributed by atoms with Gasteiger partial charge in [0.25, 0.3) is 10.8 Å². The van der Waals surface area contributed by atoms with Crippen molar-refractivity contribution in [2.45, 2.75) is 0 Å². The van der Waals surface area contributed by atoms with Gasteiger partial charge in [-0.3, -0.25) is 9.78 Å². The van der Waals surface area contributed by atoms with Gasteiger partial charge in [0.15, 0.2) is 0 Å². The first-order chi connectivity index (χ1) is 6.79. The standard InChI is InChI=1S/C8H7N3O2S/c1-13-8-11-6(4-14-8)5-2-9-3-7(12)10-5/h2-4H,1H3,(H,10,12). The van der Waals surface area contributed by atoms with E-state index in [9.17, 15) is 4.79 Å². The van der Waals surface area contributed by atoms with Crippen LogP contribution < -0.4 is 10.3 Å². The zero-order valence-electron chi connectivity index (χ0n) is 7.35. The molecule has 0 aliphatic carbocycles. The van der Waals surface area contributed by atoms with E-state index in [4.69, 9.17) is 4.74 Å². The van der Waals surface area contributed by atoms with Crippen LogP contribution in [0.3, 0.4) is 0 Å². The second-order valence-electron chi connectivity index (χ2n) is 2.51. The number of methoxy groups -OCH3 is 1. The highest BCUT2D eigenvalue weighted by Crippen LogP contribution is 2.23. The van der Waals surface area contributed by atoms with Crippen LogP contribution in [0.15, 0.2) is 22.6 Å². The molecule has 5 nitrogen and oxygen atoms in total. The molecule has 2 aromatic rings. The fourth-order valence-corrected chi connectivity index (χ4v) is 1.62. The van der Waals surface area contributed by atoms with Crippen LogP contribution in [-0.4, -0.2) is 22.1 Å². The van der Waals surface area contributed by atoms with E-state index in [1.54, 1.807) is 18.7 Å². The van der Waals surface area contributed by atoms with E-state index in [0.29, 0.717) is 16.6 Å². The Bertz CT molecular complexity index is 491. The lowest BCUT2D eigenvalue weighted by molar-refractivity contribution is 0.412. The van der Waals surface area contributed by atoms with Crippen LogP contribution in [0.1, 0.15) is 0 Å². The average Bonchev–Trinajstić information content (AvgIpc) is 2.66. The molecule has 0 bridgehead atoms. The molecule has 0 unspecified atom stereocenters. The minimum absolute atomic E-state index is 0.241. The highest BCUT2D eigenvalue weighted by molar-refractivity contribution is 7.11. The SMILES string of the molecule is COc1nc(-c2cncc(=O)[nH]2)cs1. The van der Waals surface area contributed by atoms with Gasteiger partial charge in [0.05, 0.1) is 25.2 Å². The van der Waals surface area contributed by atoms with Crippen LogP contribution in [0.4, 0.5) is 0 Å². The normalized spacial score (nSPS) is 10.1. The van der Waals surface area contributed by atoms with Crippen LogP contribution in [-0.2, 0) is 0 Å². The lowest BCUT2D eigenvalue weighted by Crippen LogP contribution is -2.05. The third-order valence-electron chi connectivity index (χ3n) is 1.59. The molecule has 72 valence electrons. The fourth-order valence-electron chi connectivity index (χ4n) is 0.982. The molecule has 0 aromatic carbocycles. The molecular formula is C8H7N3O2S. The third kappa shape index (κ3) is 1.64. The highest BCUT2D eigenvalue weighted by Gasteiger charge is 2.04. The van der Waals surface area contributed by atoms with Crippen LogP contribution in [0.5, 0.6) is 5.19 Å². The minimum Gasteiger partial charge on any atom is -0.473 e. The quantitative estimate of drug-likeness (QED) is 0.798. The molecule has 0 fully saturated rings. The number of nitrogens with one attached hydrogen (secondary N) is 1. The van der Waals surface area contributed by atoms with Crippen molar-refractivity contribution in [1.82, 2.24) is 15.0 Å². The molecule has 2 rings (SSSR count). The summed E-state index contributed by atoms with van der Waals surface area (Å²) in [5.41, 5.74) is 1.02. The Kier molecular flexibility index (Phi) is 2.28. The summed E-state index contributed by atoms with van der Waals surface area (Å²) in [6.45, 7) is 0. The lowest BCUT2D eigenvalue weighted by Gasteiger charge is -1.93. The van der Waals surface area contributed by atoms with Crippen molar-refractivity contribution in [1.29, 1.82) is 0 Å². The van der Waals surface area contributed by atoms with Gasteiger partial charge in [-0.2, -0.15) is 0 Å². The molecule has 6 heteroatoms. The molecule has 14 heavy (non-hydrogen) atoms. The summed E-state index contributed by atoms with van der Waals surface area (Å²) < 4.78 is 4.94. The molecule has 0 amide bonds. The van der Waals surface area contributed by atoms with Crippen molar-refractivity contribution >= 4 is 11.3 Å². The van der Waals surface area contributed by atoms with E-state index in [1.165, 1.54) is 17.5 Å². The molecule has 0 saturated carbocycles. The van der Waals surface area contributed by atoms with Crippen LogP contribution in [0.25, 0.3) is 11.4 Å². The van der Waals surface area contributed by atoms with Gasteiger partial charge in [-0.05, 0) is 0 Å². The van der Waals surface area contributed by atoms with Crippen molar-refractivity contribution in [3.05, 3.63) is 28.1 Å². The number of rotatable bonds is 2. The zero-order valence-corrected chi connectivity index (χ0v) is 8.17. The van der Waals surface area contributed by atoms with Gasteiger partial charge in [-0.25, -0.2) is 4.98 Å². The van der Waals surface area contributed by atoms with E-state index < -0.39 is 0 Å². The van der Waals surface area contributed by atoms with Gasteiger partial charge >= 0.3 is 0 Å². The van der Waals surface area contributed by atoms with Gasteiger partial charge in [-0.1, -0.05) is 11.3 Å². The fraction of sp³-hybridized carbons (Fsp3) is 0.125. The summed E-state index contributed by atoms with van der Waals surface area (Å²) in [6, 6.07) is 0. The van der Waals surface area contributed by atoms with Crippen LogP contribution in [0.2, 0.25) is 0 Å². The number of hydrogen-bond acceptors (Lipinski definition) is 5. The summed E-state index contributed by atoms with van der Waals surface area (Å²) in [4.78, 5) is 21.5. The second kappa shape index (κ2) is 3.59. The summed E-state index contributed by atoms with van der Waals surface area (Å²) in [5, 5.41) is 2.36. The second-order valence-corrected chi connectivity index (χ2v) is 3.33. The minimum atomic E-state index is -0.241.